The Kier molecular flexibility index (Phi) is 10.5. The van der Waals surface area contributed by atoms with Crippen molar-refractivity contribution in [3.8, 4) is 5.75 Å². The van der Waals surface area contributed by atoms with E-state index >= 15 is 0 Å². The zero-order valence-corrected chi connectivity index (χ0v) is 23.2. The smallest absolute Gasteiger partial charge is 0.142 e. The van der Waals surface area contributed by atoms with Crippen LogP contribution >= 0.6 is 0 Å². The minimum atomic E-state index is -0.507. The van der Waals surface area contributed by atoms with Gasteiger partial charge in [0.1, 0.15) is 12.4 Å². The van der Waals surface area contributed by atoms with E-state index in [2.05, 4.69) is 46.6 Å². The molecule has 2 fully saturated rings. The molecule has 2 N–H and O–H groups in total. The lowest BCUT2D eigenvalue weighted by Crippen LogP contribution is -2.49. The summed E-state index contributed by atoms with van der Waals surface area (Å²) >= 11 is 0. The number of rotatable bonds is 12. The normalized spacial score (nSPS) is 23.8. The monoisotopic (exact) mass is 540 g/mol. The quantitative estimate of drug-likeness (QED) is 0.396. The Balaban J connectivity index is 1.18. The second-order valence-electron chi connectivity index (χ2n) is 10.9. The summed E-state index contributed by atoms with van der Waals surface area (Å²) in [6.45, 7) is 8.09. The van der Waals surface area contributed by atoms with Crippen molar-refractivity contribution < 1.29 is 28.8 Å². The van der Waals surface area contributed by atoms with E-state index in [1.807, 2.05) is 6.07 Å². The summed E-state index contributed by atoms with van der Waals surface area (Å²) in [7, 11) is 1.74. The number of ether oxygens (including phenoxy) is 5. The van der Waals surface area contributed by atoms with E-state index in [1.54, 1.807) is 7.11 Å². The maximum Gasteiger partial charge on any atom is 0.142 e. The van der Waals surface area contributed by atoms with E-state index in [-0.39, 0.29) is 12.0 Å². The third kappa shape index (κ3) is 7.72. The Bertz CT molecular complexity index is 1010. The van der Waals surface area contributed by atoms with Gasteiger partial charge in [0.2, 0.25) is 0 Å². The standard InChI is InChI=1S/C31H44N2O6/c1-35-13-2-11-33-12-16-38-29-8-5-25(17-27(29)33)22-39-30-19-32-18-28(34)31(30)26-6-3-23(4-7-26)20-37-21-24-9-14-36-15-10-24/h3-8,17,24,28,30-32,34H,2,9-16,18-22H2,1H3/t28-,30+,31+/m1/s1. The van der Waals surface area contributed by atoms with Gasteiger partial charge in [0, 0.05) is 52.5 Å². The number of nitrogens with one attached hydrogen (secondary N) is 1. The van der Waals surface area contributed by atoms with Gasteiger partial charge in [-0.3, -0.25) is 0 Å². The molecular weight excluding hydrogens is 496 g/mol. The number of benzene rings is 2. The van der Waals surface area contributed by atoms with Gasteiger partial charge in [0.25, 0.3) is 0 Å². The first-order valence-corrected chi connectivity index (χ1v) is 14.5. The summed E-state index contributed by atoms with van der Waals surface area (Å²) in [5.41, 5.74) is 4.47. The van der Waals surface area contributed by atoms with E-state index in [0.29, 0.717) is 38.8 Å². The van der Waals surface area contributed by atoms with Gasteiger partial charge in [-0.2, -0.15) is 0 Å². The van der Waals surface area contributed by atoms with E-state index in [1.165, 1.54) is 0 Å². The van der Waals surface area contributed by atoms with Gasteiger partial charge in [-0.25, -0.2) is 0 Å². The van der Waals surface area contributed by atoms with Gasteiger partial charge in [-0.15, -0.1) is 0 Å². The third-order valence-electron chi connectivity index (χ3n) is 8.07. The van der Waals surface area contributed by atoms with Crippen LogP contribution in [0, 0.1) is 5.92 Å². The molecule has 2 aromatic rings. The molecule has 0 saturated carbocycles. The van der Waals surface area contributed by atoms with Crippen LogP contribution in [0.5, 0.6) is 5.75 Å². The molecule has 2 aromatic carbocycles. The highest BCUT2D eigenvalue weighted by molar-refractivity contribution is 5.61. The summed E-state index contributed by atoms with van der Waals surface area (Å²) in [5, 5.41) is 14.3. The average Bonchev–Trinajstić information content (AvgIpc) is 2.97. The Labute approximate surface area is 232 Å². The zero-order chi connectivity index (χ0) is 26.9. The summed E-state index contributed by atoms with van der Waals surface area (Å²) in [5.74, 6) is 1.43. The summed E-state index contributed by atoms with van der Waals surface area (Å²) in [4.78, 5) is 2.37. The van der Waals surface area contributed by atoms with Crippen molar-refractivity contribution in [2.45, 2.75) is 50.6 Å². The van der Waals surface area contributed by atoms with Crippen LogP contribution in [0.4, 0.5) is 5.69 Å². The van der Waals surface area contributed by atoms with Crippen LogP contribution in [0.3, 0.4) is 0 Å². The first kappa shape index (κ1) is 28.3. The minimum absolute atomic E-state index is 0.0880. The summed E-state index contributed by atoms with van der Waals surface area (Å²) in [6, 6.07) is 14.8. The molecule has 214 valence electrons. The number of anilines is 1. The van der Waals surface area contributed by atoms with Gasteiger partial charge in [0.05, 0.1) is 44.3 Å². The van der Waals surface area contributed by atoms with E-state index < -0.39 is 6.10 Å². The Morgan fingerprint density at radius 2 is 1.82 bits per heavy atom. The molecular formula is C31H44N2O6. The van der Waals surface area contributed by atoms with Crippen molar-refractivity contribution in [3.63, 3.8) is 0 Å². The fourth-order valence-corrected chi connectivity index (χ4v) is 5.81. The van der Waals surface area contributed by atoms with Gasteiger partial charge in [-0.05, 0) is 54.0 Å². The maximum absolute atomic E-state index is 10.9. The van der Waals surface area contributed by atoms with Gasteiger partial charge in [0.15, 0.2) is 0 Å². The van der Waals surface area contributed by atoms with Crippen LogP contribution < -0.4 is 15.0 Å². The van der Waals surface area contributed by atoms with Crippen LogP contribution in [0.25, 0.3) is 0 Å². The Morgan fingerprint density at radius 3 is 2.64 bits per heavy atom. The van der Waals surface area contributed by atoms with Crippen molar-refractivity contribution >= 4 is 5.69 Å². The highest BCUT2D eigenvalue weighted by Gasteiger charge is 2.34. The number of fused-ring (bicyclic) bond motifs is 1. The van der Waals surface area contributed by atoms with Crippen molar-refractivity contribution in [3.05, 3.63) is 59.2 Å². The van der Waals surface area contributed by atoms with Crippen LogP contribution in [-0.4, -0.2) is 83.6 Å². The predicted octanol–water partition coefficient (Wildman–Crippen LogP) is 3.50. The number of aliphatic hydroxyl groups excluding tert-OH is 1. The number of methoxy groups -OCH3 is 1. The molecule has 3 atom stereocenters. The molecule has 0 aliphatic carbocycles. The number of nitrogens with zero attached hydrogens (tertiary/aromatic N) is 1. The Morgan fingerprint density at radius 1 is 1.00 bits per heavy atom. The molecule has 0 bridgehead atoms. The first-order chi connectivity index (χ1) is 19.2. The molecule has 8 heteroatoms. The third-order valence-corrected chi connectivity index (χ3v) is 8.07. The Hall–Kier alpha value is -2.20. The molecule has 0 spiro atoms. The molecule has 39 heavy (non-hydrogen) atoms. The topological polar surface area (TPSA) is 81.7 Å². The largest absolute Gasteiger partial charge is 0.490 e. The van der Waals surface area contributed by atoms with Crippen molar-refractivity contribution in [2.75, 3.05) is 71.2 Å². The number of aliphatic hydroxyl groups is 1. The molecule has 0 aromatic heterocycles. The van der Waals surface area contributed by atoms with Gasteiger partial charge < -0.3 is 39.0 Å². The lowest BCUT2D eigenvalue weighted by molar-refractivity contribution is -0.0328. The van der Waals surface area contributed by atoms with E-state index in [0.717, 1.165) is 86.9 Å². The van der Waals surface area contributed by atoms with Crippen molar-refractivity contribution in [1.29, 1.82) is 0 Å². The highest BCUT2D eigenvalue weighted by Crippen LogP contribution is 2.34. The summed E-state index contributed by atoms with van der Waals surface area (Å²) in [6.07, 6.45) is 2.51. The number of hydrogen-bond acceptors (Lipinski definition) is 8. The van der Waals surface area contributed by atoms with Gasteiger partial charge >= 0.3 is 0 Å². The number of β-amino-alcohol motifs (C(OH)–C–C–N with tert-alkyl or cyclic N) is 1. The average molecular weight is 541 g/mol. The zero-order valence-electron chi connectivity index (χ0n) is 23.2. The molecule has 8 nitrogen and oxygen atoms in total. The predicted molar refractivity (Wildman–Crippen MR) is 150 cm³/mol. The minimum Gasteiger partial charge on any atom is -0.490 e. The fraction of sp³-hybridized carbons (Fsp3) is 0.613. The van der Waals surface area contributed by atoms with Crippen LogP contribution in [0.2, 0.25) is 0 Å². The molecule has 3 aliphatic rings. The lowest BCUT2D eigenvalue weighted by Gasteiger charge is -2.36. The molecule has 3 aliphatic heterocycles. The van der Waals surface area contributed by atoms with Crippen molar-refractivity contribution in [1.82, 2.24) is 5.32 Å². The second kappa shape index (κ2) is 14.4. The van der Waals surface area contributed by atoms with Gasteiger partial charge in [-0.1, -0.05) is 30.3 Å². The molecule has 5 rings (SSSR count). The SMILES string of the molecule is COCCCN1CCOc2ccc(CO[C@H]3CNC[C@@H](O)[C@@H]3c3ccc(COCC4CCOCC4)cc3)cc21. The number of hydrogen-bond donors (Lipinski definition) is 2. The molecule has 0 unspecified atom stereocenters. The van der Waals surface area contributed by atoms with Crippen LogP contribution in [-0.2, 0) is 32.2 Å². The molecule has 0 radical (unpaired) electrons. The van der Waals surface area contributed by atoms with E-state index in [9.17, 15) is 5.11 Å². The van der Waals surface area contributed by atoms with Crippen molar-refractivity contribution in [2.24, 2.45) is 5.92 Å². The molecule has 3 heterocycles. The lowest BCUT2D eigenvalue weighted by atomic mass is 9.85. The summed E-state index contributed by atoms with van der Waals surface area (Å²) < 4.78 is 29.0. The first-order valence-electron chi connectivity index (χ1n) is 14.5. The van der Waals surface area contributed by atoms with Crippen LogP contribution in [0.15, 0.2) is 42.5 Å². The number of piperidine rings is 1. The molecule has 0 amide bonds. The maximum atomic E-state index is 10.9. The fourth-order valence-electron chi connectivity index (χ4n) is 5.81. The second-order valence-corrected chi connectivity index (χ2v) is 10.9. The highest BCUT2D eigenvalue weighted by atomic mass is 16.5. The van der Waals surface area contributed by atoms with Crippen LogP contribution in [0.1, 0.15) is 41.9 Å². The molecule has 2 saturated heterocycles. The van der Waals surface area contributed by atoms with E-state index in [4.69, 9.17) is 23.7 Å².